The first-order valence-corrected chi connectivity index (χ1v) is 6.86. The lowest BCUT2D eigenvalue weighted by Gasteiger charge is -2.07. The molecule has 0 spiro atoms. The third kappa shape index (κ3) is 2.50. The molecule has 0 aliphatic carbocycles. The second-order valence-corrected chi connectivity index (χ2v) is 4.88. The predicted octanol–water partition coefficient (Wildman–Crippen LogP) is 3.07. The molecule has 5 heteroatoms. The van der Waals surface area contributed by atoms with Gasteiger partial charge in [-0.3, -0.25) is 0 Å². The number of carboxylic acids is 1. The molecule has 0 saturated carbocycles. The minimum Gasteiger partial charge on any atom is -0.478 e. The van der Waals surface area contributed by atoms with Crippen molar-refractivity contribution >= 4 is 16.9 Å². The van der Waals surface area contributed by atoms with Crippen molar-refractivity contribution in [1.82, 2.24) is 14.8 Å². The van der Waals surface area contributed by atoms with Gasteiger partial charge in [0.15, 0.2) is 5.82 Å². The van der Waals surface area contributed by atoms with Gasteiger partial charge in [0.1, 0.15) is 0 Å². The van der Waals surface area contributed by atoms with Crippen LogP contribution in [0.15, 0.2) is 42.6 Å². The van der Waals surface area contributed by atoms with E-state index < -0.39 is 5.97 Å². The topological polar surface area (TPSA) is 68.0 Å². The van der Waals surface area contributed by atoms with Crippen LogP contribution in [0.1, 0.15) is 29.4 Å². The average Bonchev–Trinajstić information content (AvgIpc) is 2.91. The van der Waals surface area contributed by atoms with Gasteiger partial charge in [-0.15, -0.1) is 0 Å². The Morgan fingerprint density at radius 2 is 2.10 bits per heavy atom. The SMILES string of the molecule is CCCc1cc(C(=O)O)cc(-n2ncc3ccccc32)n1. The lowest BCUT2D eigenvalue weighted by Crippen LogP contribution is -2.06. The first kappa shape index (κ1) is 13.3. The number of rotatable bonds is 4. The van der Waals surface area contributed by atoms with Crippen LogP contribution in [0.5, 0.6) is 0 Å². The Bertz CT molecular complexity index is 808. The molecule has 0 unspecified atom stereocenters. The fraction of sp³-hybridized carbons (Fsp3) is 0.188. The molecule has 2 aromatic heterocycles. The largest absolute Gasteiger partial charge is 0.478 e. The Kier molecular flexibility index (Phi) is 3.39. The first-order valence-electron chi connectivity index (χ1n) is 6.86. The molecule has 0 atom stereocenters. The van der Waals surface area contributed by atoms with Crippen LogP contribution < -0.4 is 0 Å². The van der Waals surface area contributed by atoms with Crippen LogP contribution in [0.3, 0.4) is 0 Å². The van der Waals surface area contributed by atoms with Gasteiger partial charge in [-0.2, -0.15) is 5.10 Å². The van der Waals surface area contributed by atoms with Crippen molar-refractivity contribution in [3.05, 3.63) is 53.9 Å². The highest BCUT2D eigenvalue weighted by atomic mass is 16.4. The van der Waals surface area contributed by atoms with Crippen molar-refractivity contribution in [2.45, 2.75) is 19.8 Å². The second kappa shape index (κ2) is 5.36. The molecule has 1 aromatic carbocycles. The minimum absolute atomic E-state index is 0.239. The van der Waals surface area contributed by atoms with E-state index in [-0.39, 0.29) is 5.56 Å². The monoisotopic (exact) mass is 281 g/mol. The number of carboxylic acid groups (broad SMARTS) is 1. The van der Waals surface area contributed by atoms with Crippen molar-refractivity contribution in [3.63, 3.8) is 0 Å². The summed E-state index contributed by atoms with van der Waals surface area (Å²) in [5, 5.41) is 14.6. The maximum Gasteiger partial charge on any atom is 0.335 e. The van der Waals surface area contributed by atoms with Crippen molar-refractivity contribution < 1.29 is 9.90 Å². The maximum absolute atomic E-state index is 11.3. The molecular formula is C16H15N3O2. The van der Waals surface area contributed by atoms with Gasteiger partial charge in [0.05, 0.1) is 17.3 Å². The summed E-state index contributed by atoms with van der Waals surface area (Å²) >= 11 is 0. The highest BCUT2D eigenvalue weighted by molar-refractivity contribution is 5.88. The molecule has 106 valence electrons. The zero-order valence-electron chi connectivity index (χ0n) is 11.7. The zero-order valence-corrected chi connectivity index (χ0v) is 11.7. The molecule has 5 nitrogen and oxygen atoms in total. The molecule has 3 rings (SSSR count). The molecule has 0 aliphatic rings. The Labute approximate surface area is 121 Å². The molecule has 0 bridgehead atoms. The molecule has 2 heterocycles. The normalized spacial score (nSPS) is 10.9. The summed E-state index contributed by atoms with van der Waals surface area (Å²) in [7, 11) is 0. The summed E-state index contributed by atoms with van der Waals surface area (Å²) in [6.45, 7) is 2.04. The summed E-state index contributed by atoms with van der Waals surface area (Å²) < 4.78 is 1.68. The van der Waals surface area contributed by atoms with Crippen LogP contribution in [-0.4, -0.2) is 25.8 Å². The van der Waals surface area contributed by atoms with Gasteiger partial charge in [-0.05, 0) is 24.6 Å². The molecule has 3 aromatic rings. The molecule has 0 aliphatic heterocycles. The van der Waals surface area contributed by atoms with Crippen LogP contribution in [0, 0.1) is 0 Å². The maximum atomic E-state index is 11.3. The Balaban J connectivity index is 2.18. The van der Waals surface area contributed by atoms with Crippen molar-refractivity contribution in [2.24, 2.45) is 0 Å². The first-order chi connectivity index (χ1) is 10.2. The Morgan fingerprint density at radius 3 is 2.86 bits per heavy atom. The molecule has 1 N–H and O–H groups in total. The van der Waals surface area contributed by atoms with E-state index in [1.54, 1.807) is 23.0 Å². The third-order valence-corrected chi connectivity index (χ3v) is 3.31. The van der Waals surface area contributed by atoms with E-state index in [2.05, 4.69) is 10.1 Å². The van der Waals surface area contributed by atoms with Crippen LogP contribution in [-0.2, 0) is 6.42 Å². The third-order valence-electron chi connectivity index (χ3n) is 3.31. The minimum atomic E-state index is -0.951. The van der Waals surface area contributed by atoms with Gasteiger partial charge >= 0.3 is 5.97 Å². The lowest BCUT2D eigenvalue weighted by molar-refractivity contribution is 0.0696. The Hall–Kier alpha value is -2.69. The summed E-state index contributed by atoms with van der Waals surface area (Å²) in [5.41, 5.74) is 1.92. The zero-order chi connectivity index (χ0) is 14.8. The molecule has 0 fully saturated rings. The van der Waals surface area contributed by atoms with Crippen molar-refractivity contribution in [2.75, 3.05) is 0 Å². The summed E-state index contributed by atoms with van der Waals surface area (Å²) in [5.74, 6) is -0.410. The highest BCUT2D eigenvalue weighted by Crippen LogP contribution is 2.18. The van der Waals surface area contributed by atoms with E-state index in [4.69, 9.17) is 0 Å². The number of para-hydroxylation sites is 1. The van der Waals surface area contributed by atoms with Crippen molar-refractivity contribution in [3.8, 4) is 5.82 Å². The smallest absolute Gasteiger partial charge is 0.335 e. The number of aromatic carboxylic acids is 1. The van der Waals surface area contributed by atoms with Gasteiger partial charge in [0.2, 0.25) is 0 Å². The van der Waals surface area contributed by atoms with E-state index in [9.17, 15) is 9.90 Å². The van der Waals surface area contributed by atoms with Gasteiger partial charge in [0, 0.05) is 11.1 Å². The Morgan fingerprint density at radius 1 is 1.29 bits per heavy atom. The number of hydrogen-bond acceptors (Lipinski definition) is 3. The number of aryl methyl sites for hydroxylation is 1. The molecule has 0 radical (unpaired) electrons. The number of hydrogen-bond donors (Lipinski definition) is 1. The lowest BCUT2D eigenvalue weighted by atomic mass is 10.1. The fourth-order valence-electron chi connectivity index (χ4n) is 2.34. The van der Waals surface area contributed by atoms with Crippen LogP contribution in [0.25, 0.3) is 16.7 Å². The van der Waals surface area contributed by atoms with Gasteiger partial charge < -0.3 is 5.11 Å². The predicted molar refractivity (Wildman–Crippen MR) is 79.8 cm³/mol. The number of benzene rings is 1. The molecule has 0 saturated heterocycles. The summed E-state index contributed by atoms with van der Waals surface area (Å²) in [4.78, 5) is 15.8. The van der Waals surface area contributed by atoms with E-state index in [0.717, 1.165) is 29.4 Å². The van der Waals surface area contributed by atoms with Crippen molar-refractivity contribution in [1.29, 1.82) is 0 Å². The van der Waals surface area contributed by atoms with Gasteiger partial charge in [0.25, 0.3) is 0 Å². The van der Waals surface area contributed by atoms with Crippen LogP contribution in [0.4, 0.5) is 0 Å². The summed E-state index contributed by atoms with van der Waals surface area (Å²) in [6.07, 6.45) is 3.41. The standard InChI is InChI=1S/C16H15N3O2/c1-2-5-13-8-12(16(20)21)9-15(18-13)19-14-7-4-3-6-11(14)10-17-19/h3-4,6-10H,2,5H2,1H3,(H,20,21). The number of aromatic nitrogens is 3. The van der Waals surface area contributed by atoms with E-state index >= 15 is 0 Å². The van der Waals surface area contributed by atoms with Crippen LogP contribution in [0.2, 0.25) is 0 Å². The second-order valence-electron chi connectivity index (χ2n) is 4.88. The van der Waals surface area contributed by atoms with E-state index in [1.807, 2.05) is 31.2 Å². The molecule has 21 heavy (non-hydrogen) atoms. The number of carbonyl (C=O) groups is 1. The van der Waals surface area contributed by atoms with E-state index in [0.29, 0.717) is 5.82 Å². The van der Waals surface area contributed by atoms with Gasteiger partial charge in [-0.25, -0.2) is 14.5 Å². The highest BCUT2D eigenvalue weighted by Gasteiger charge is 2.12. The number of pyridine rings is 1. The average molecular weight is 281 g/mol. The van der Waals surface area contributed by atoms with Gasteiger partial charge in [-0.1, -0.05) is 31.5 Å². The molecular weight excluding hydrogens is 266 g/mol. The van der Waals surface area contributed by atoms with E-state index in [1.165, 1.54) is 0 Å². The number of fused-ring (bicyclic) bond motifs is 1. The number of nitrogens with zero attached hydrogens (tertiary/aromatic N) is 3. The molecule has 0 amide bonds. The van der Waals surface area contributed by atoms with Crippen LogP contribution >= 0.6 is 0 Å². The summed E-state index contributed by atoms with van der Waals surface area (Å²) in [6, 6.07) is 11.0. The fourth-order valence-corrected chi connectivity index (χ4v) is 2.34. The quantitative estimate of drug-likeness (QED) is 0.798.